The Bertz CT molecular complexity index is 1280. The number of esters is 1. The summed E-state index contributed by atoms with van der Waals surface area (Å²) >= 11 is 6.07. The Balaban J connectivity index is 1.49. The molecular weight excluding hydrogens is 416 g/mol. The van der Waals surface area contributed by atoms with Gasteiger partial charge in [0.25, 0.3) is 0 Å². The van der Waals surface area contributed by atoms with Crippen molar-refractivity contribution in [3.05, 3.63) is 64.6 Å². The number of nitrogens with zero attached hydrogens (tertiary/aromatic N) is 4. The molecule has 4 aromatic rings. The molecule has 2 aromatic heterocycles. The number of carbonyl (C=O) groups excluding carboxylic acids is 1. The van der Waals surface area contributed by atoms with E-state index >= 15 is 0 Å². The van der Waals surface area contributed by atoms with Crippen LogP contribution in [-0.2, 0) is 36.7 Å². The summed E-state index contributed by atoms with van der Waals surface area (Å²) in [6.45, 7) is 2.13. The highest BCUT2D eigenvalue weighted by Crippen LogP contribution is 2.34. The highest BCUT2D eigenvalue weighted by molar-refractivity contribution is 6.30. The molecule has 0 N–H and O–H groups in total. The number of fused-ring (bicyclic) bond motifs is 1. The second-order valence-corrected chi connectivity index (χ2v) is 7.84. The van der Waals surface area contributed by atoms with Crippen molar-refractivity contribution < 1.29 is 14.3 Å². The fourth-order valence-electron chi connectivity index (χ4n) is 3.65. The zero-order valence-electron chi connectivity index (χ0n) is 17.8. The quantitative estimate of drug-likeness (QED) is 0.421. The van der Waals surface area contributed by atoms with Gasteiger partial charge in [0.15, 0.2) is 0 Å². The minimum atomic E-state index is -0.318. The molecule has 8 heteroatoms. The number of benzene rings is 2. The van der Waals surface area contributed by atoms with Gasteiger partial charge in [0.1, 0.15) is 12.4 Å². The van der Waals surface area contributed by atoms with Crippen LogP contribution in [0.4, 0.5) is 0 Å². The molecule has 0 saturated heterocycles. The first-order valence-electron chi connectivity index (χ1n) is 9.79. The van der Waals surface area contributed by atoms with Gasteiger partial charge in [-0.3, -0.25) is 9.48 Å². The molecule has 7 nitrogen and oxygen atoms in total. The fraction of sp³-hybridized carbons (Fsp3) is 0.261. The Kier molecular flexibility index (Phi) is 5.69. The molecule has 0 aliphatic heterocycles. The predicted molar refractivity (Wildman–Crippen MR) is 119 cm³/mol. The van der Waals surface area contributed by atoms with Gasteiger partial charge in [-0.2, -0.15) is 5.10 Å². The van der Waals surface area contributed by atoms with Crippen LogP contribution in [-0.4, -0.2) is 32.4 Å². The van der Waals surface area contributed by atoms with Crippen molar-refractivity contribution in [3.8, 4) is 17.0 Å². The van der Waals surface area contributed by atoms with E-state index in [2.05, 4.69) is 10.1 Å². The topological polar surface area (TPSA) is 71.2 Å². The molecule has 0 aliphatic carbocycles. The first kappa shape index (κ1) is 20.9. The standard InChI is InChI=1S/C23H23ClN4O3/c1-14-20(28(3)26-23(14)17-7-6-16(24)10-21(17)30-4)11-22(29)31-12-15-5-8-19-18(9-15)25-13-27(19)2/h5-10,13H,11-12H2,1-4H3. The molecule has 31 heavy (non-hydrogen) atoms. The minimum Gasteiger partial charge on any atom is -0.496 e. The summed E-state index contributed by atoms with van der Waals surface area (Å²) in [5, 5.41) is 5.19. The van der Waals surface area contributed by atoms with Gasteiger partial charge in [-0.25, -0.2) is 4.98 Å². The maximum absolute atomic E-state index is 12.5. The summed E-state index contributed by atoms with van der Waals surface area (Å²) in [7, 11) is 5.35. The number of rotatable bonds is 6. The van der Waals surface area contributed by atoms with E-state index in [9.17, 15) is 4.79 Å². The summed E-state index contributed by atoms with van der Waals surface area (Å²) in [5.41, 5.74) is 6.06. The van der Waals surface area contributed by atoms with Crippen molar-refractivity contribution in [2.24, 2.45) is 14.1 Å². The summed E-state index contributed by atoms with van der Waals surface area (Å²) in [6, 6.07) is 11.3. The number of aromatic nitrogens is 4. The smallest absolute Gasteiger partial charge is 0.312 e. The lowest BCUT2D eigenvalue weighted by Crippen LogP contribution is -2.12. The van der Waals surface area contributed by atoms with Crippen molar-refractivity contribution in [1.82, 2.24) is 19.3 Å². The molecule has 0 unspecified atom stereocenters. The molecule has 160 valence electrons. The molecule has 0 aliphatic rings. The lowest BCUT2D eigenvalue weighted by Gasteiger charge is -2.08. The van der Waals surface area contributed by atoms with Crippen molar-refractivity contribution in [3.63, 3.8) is 0 Å². The first-order chi connectivity index (χ1) is 14.9. The second kappa shape index (κ2) is 8.43. The second-order valence-electron chi connectivity index (χ2n) is 7.40. The normalized spacial score (nSPS) is 11.1. The van der Waals surface area contributed by atoms with E-state index in [1.165, 1.54) is 0 Å². The van der Waals surface area contributed by atoms with E-state index in [0.717, 1.165) is 39.1 Å². The Hall–Kier alpha value is -3.32. The summed E-state index contributed by atoms with van der Waals surface area (Å²) in [4.78, 5) is 16.9. The molecule has 4 rings (SSSR count). The monoisotopic (exact) mass is 438 g/mol. The molecular formula is C23H23ClN4O3. The Labute approximate surface area is 185 Å². The number of carbonyl (C=O) groups is 1. The molecule has 0 bridgehead atoms. The van der Waals surface area contributed by atoms with E-state index in [1.807, 2.05) is 49.9 Å². The van der Waals surface area contributed by atoms with Gasteiger partial charge in [-0.1, -0.05) is 17.7 Å². The minimum absolute atomic E-state index is 0.122. The van der Waals surface area contributed by atoms with Gasteiger partial charge in [0.2, 0.25) is 0 Å². The van der Waals surface area contributed by atoms with Crippen LogP contribution >= 0.6 is 11.6 Å². The van der Waals surface area contributed by atoms with Gasteiger partial charge < -0.3 is 14.0 Å². The number of imidazole rings is 1. The van der Waals surface area contributed by atoms with Crippen molar-refractivity contribution in [2.45, 2.75) is 20.0 Å². The summed E-state index contributed by atoms with van der Waals surface area (Å²) < 4.78 is 14.6. The van der Waals surface area contributed by atoms with Crippen LogP contribution < -0.4 is 4.74 Å². The van der Waals surface area contributed by atoms with E-state index in [1.54, 1.807) is 30.3 Å². The van der Waals surface area contributed by atoms with E-state index in [4.69, 9.17) is 21.1 Å². The molecule has 0 amide bonds. The number of methoxy groups -OCH3 is 1. The maximum Gasteiger partial charge on any atom is 0.312 e. The number of halogens is 1. The van der Waals surface area contributed by atoms with Gasteiger partial charge in [0.05, 0.1) is 42.3 Å². The highest BCUT2D eigenvalue weighted by Gasteiger charge is 2.20. The number of ether oxygens (including phenoxy) is 2. The summed E-state index contributed by atoms with van der Waals surface area (Å²) in [5.74, 6) is 0.314. The van der Waals surface area contributed by atoms with Crippen LogP contribution in [0.1, 0.15) is 16.8 Å². The average molecular weight is 439 g/mol. The fourth-order valence-corrected chi connectivity index (χ4v) is 3.81. The van der Waals surface area contributed by atoms with Crippen LogP contribution in [0, 0.1) is 6.92 Å². The first-order valence-corrected chi connectivity index (χ1v) is 10.2. The largest absolute Gasteiger partial charge is 0.496 e. The Morgan fingerprint density at radius 2 is 1.97 bits per heavy atom. The highest BCUT2D eigenvalue weighted by atomic mass is 35.5. The predicted octanol–water partition coefficient (Wildman–Crippen LogP) is 4.23. The van der Waals surface area contributed by atoms with Crippen molar-refractivity contribution in [2.75, 3.05) is 7.11 Å². The molecule has 2 aromatic carbocycles. The van der Waals surface area contributed by atoms with Gasteiger partial charge in [-0.05, 0) is 48.4 Å². The number of hydrogen-bond acceptors (Lipinski definition) is 5. The van der Waals surface area contributed by atoms with Crippen LogP contribution in [0.2, 0.25) is 5.02 Å². The third-order valence-corrected chi connectivity index (χ3v) is 5.58. The van der Waals surface area contributed by atoms with Crippen LogP contribution in [0.15, 0.2) is 42.7 Å². The molecule has 2 heterocycles. The lowest BCUT2D eigenvalue weighted by molar-refractivity contribution is -0.144. The lowest BCUT2D eigenvalue weighted by atomic mass is 10.0. The maximum atomic E-state index is 12.5. The zero-order chi connectivity index (χ0) is 22.1. The Morgan fingerprint density at radius 1 is 1.16 bits per heavy atom. The van der Waals surface area contributed by atoms with E-state index < -0.39 is 0 Å². The molecule has 0 saturated carbocycles. The van der Waals surface area contributed by atoms with Crippen molar-refractivity contribution in [1.29, 1.82) is 0 Å². The number of hydrogen-bond donors (Lipinski definition) is 0. The van der Waals surface area contributed by atoms with Gasteiger partial charge in [-0.15, -0.1) is 0 Å². The molecule has 0 radical (unpaired) electrons. The van der Waals surface area contributed by atoms with Crippen LogP contribution in [0.3, 0.4) is 0 Å². The zero-order valence-corrected chi connectivity index (χ0v) is 18.6. The third kappa shape index (κ3) is 4.14. The summed E-state index contributed by atoms with van der Waals surface area (Å²) in [6.07, 6.45) is 1.88. The van der Waals surface area contributed by atoms with Crippen molar-refractivity contribution >= 4 is 28.6 Å². The van der Waals surface area contributed by atoms with Crippen LogP contribution in [0.25, 0.3) is 22.3 Å². The molecule has 0 spiro atoms. The van der Waals surface area contributed by atoms with E-state index in [0.29, 0.717) is 10.8 Å². The average Bonchev–Trinajstić information content (AvgIpc) is 3.26. The van der Waals surface area contributed by atoms with Gasteiger partial charge in [0, 0.05) is 24.7 Å². The van der Waals surface area contributed by atoms with E-state index in [-0.39, 0.29) is 19.0 Å². The SMILES string of the molecule is COc1cc(Cl)ccc1-c1nn(C)c(CC(=O)OCc2ccc3c(c2)ncn3C)c1C. The molecule has 0 atom stereocenters. The Morgan fingerprint density at radius 3 is 2.74 bits per heavy atom. The number of aryl methyl sites for hydroxylation is 2. The van der Waals surface area contributed by atoms with Crippen LogP contribution in [0.5, 0.6) is 5.75 Å². The third-order valence-electron chi connectivity index (χ3n) is 5.35. The van der Waals surface area contributed by atoms with Gasteiger partial charge >= 0.3 is 5.97 Å². The molecule has 0 fully saturated rings.